The van der Waals surface area contributed by atoms with Gasteiger partial charge < -0.3 is 4.57 Å². The normalized spacial score (nSPS) is 11.8. The summed E-state index contributed by atoms with van der Waals surface area (Å²) in [6.45, 7) is 5.50. The summed E-state index contributed by atoms with van der Waals surface area (Å²) >= 11 is 0. The Labute approximate surface area is 167 Å². The molecule has 3 nitrogen and oxygen atoms in total. The Morgan fingerprint density at radius 3 is 2.18 bits per heavy atom. The molecular formula is C25H31N3. The lowest BCUT2D eigenvalue weighted by atomic mass is 10.1. The van der Waals surface area contributed by atoms with Gasteiger partial charge in [0.05, 0.1) is 16.6 Å². The standard InChI is InChI=1S/C25H31N3/c1-3-4-5-6-7-8-9-12-18-28-24-19(2)14-13-15-20(24)23-25(28)27-22-17-11-10-16-21(22)26-23/h10-11,13-17H,3-9,12,18H2,1-2H3. The predicted molar refractivity (Wildman–Crippen MR) is 120 cm³/mol. The lowest BCUT2D eigenvalue weighted by Crippen LogP contribution is -2.01. The zero-order chi connectivity index (χ0) is 19.3. The van der Waals surface area contributed by atoms with Crippen molar-refractivity contribution in [2.75, 3.05) is 0 Å². The first-order valence-corrected chi connectivity index (χ1v) is 10.9. The van der Waals surface area contributed by atoms with Crippen LogP contribution < -0.4 is 0 Å². The van der Waals surface area contributed by atoms with Crippen LogP contribution >= 0.6 is 0 Å². The van der Waals surface area contributed by atoms with Crippen molar-refractivity contribution < 1.29 is 0 Å². The number of fused-ring (bicyclic) bond motifs is 4. The molecule has 0 atom stereocenters. The zero-order valence-corrected chi connectivity index (χ0v) is 17.2. The molecule has 2 aromatic heterocycles. The van der Waals surface area contributed by atoms with Crippen LogP contribution in [0.5, 0.6) is 0 Å². The molecule has 0 saturated heterocycles. The largest absolute Gasteiger partial charge is 0.324 e. The maximum atomic E-state index is 5.01. The van der Waals surface area contributed by atoms with Crippen molar-refractivity contribution in [3.05, 3.63) is 48.0 Å². The van der Waals surface area contributed by atoms with Crippen molar-refractivity contribution in [3.8, 4) is 0 Å². The van der Waals surface area contributed by atoms with Gasteiger partial charge in [0, 0.05) is 11.9 Å². The topological polar surface area (TPSA) is 30.7 Å². The Hall–Kier alpha value is -2.42. The minimum Gasteiger partial charge on any atom is -0.324 e. The molecule has 0 fully saturated rings. The smallest absolute Gasteiger partial charge is 0.160 e. The van der Waals surface area contributed by atoms with Crippen molar-refractivity contribution in [1.82, 2.24) is 14.5 Å². The van der Waals surface area contributed by atoms with Gasteiger partial charge in [0.25, 0.3) is 0 Å². The first kappa shape index (κ1) is 18.9. The lowest BCUT2D eigenvalue weighted by Gasteiger charge is -2.09. The summed E-state index contributed by atoms with van der Waals surface area (Å²) in [6, 6.07) is 14.7. The van der Waals surface area contributed by atoms with Crippen LogP contribution in [0.15, 0.2) is 42.5 Å². The number of hydrogen-bond donors (Lipinski definition) is 0. The molecule has 4 rings (SSSR count). The van der Waals surface area contributed by atoms with Crippen LogP contribution in [0, 0.1) is 6.92 Å². The number of hydrogen-bond acceptors (Lipinski definition) is 2. The molecule has 0 spiro atoms. The predicted octanol–water partition coefficient (Wildman–Crippen LogP) is 7.19. The quantitative estimate of drug-likeness (QED) is 0.291. The highest BCUT2D eigenvalue weighted by atomic mass is 15.1. The van der Waals surface area contributed by atoms with Crippen molar-refractivity contribution >= 4 is 33.1 Å². The van der Waals surface area contributed by atoms with Crippen LogP contribution in [0.3, 0.4) is 0 Å². The molecule has 2 heterocycles. The first-order chi connectivity index (χ1) is 13.8. The van der Waals surface area contributed by atoms with E-state index in [4.69, 9.17) is 9.97 Å². The summed E-state index contributed by atoms with van der Waals surface area (Å²) in [6.07, 6.45) is 10.7. The monoisotopic (exact) mass is 373 g/mol. The number of aryl methyl sites for hydroxylation is 2. The molecule has 0 aliphatic carbocycles. The molecule has 146 valence electrons. The molecule has 0 aliphatic rings. The van der Waals surface area contributed by atoms with E-state index in [0.29, 0.717) is 0 Å². The molecule has 4 aromatic rings. The molecule has 0 amide bonds. The van der Waals surface area contributed by atoms with Gasteiger partial charge in [-0.3, -0.25) is 0 Å². The summed E-state index contributed by atoms with van der Waals surface area (Å²) in [5.74, 6) is 0. The average molecular weight is 374 g/mol. The van der Waals surface area contributed by atoms with Gasteiger partial charge in [-0.15, -0.1) is 0 Å². The van der Waals surface area contributed by atoms with Crippen molar-refractivity contribution in [2.24, 2.45) is 0 Å². The Bertz CT molecular complexity index is 1080. The molecule has 0 radical (unpaired) electrons. The lowest BCUT2D eigenvalue weighted by molar-refractivity contribution is 0.552. The summed E-state index contributed by atoms with van der Waals surface area (Å²) in [5.41, 5.74) is 6.63. The van der Waals surface area contributed by atoms with E-state index in [2.05, 4.69) is 48.7 Å². The van der Waals surface area contributed by atoms with E-state index < -0.39 is 0 Å². The van der Waals surface area contributed by atoms with Crippen LogP contribution in [-0.2, 0) is 6.54 Å². The summed E-state index contributed by atoms with van der Waals surface area (Å²) in [4.78, 5) is 9.98. The van der Waals surface area contributed by atoms with Gasteiger partial charge in [-0.05, 0) is 31.0 Å². The molecule has 3 heteroatoms. The molecule has 0 saturated carbocycles. The third kappa shape index (κ3) is 3.76. The van der Waals surface area contributed by atoms with E-state index in [1.165, 1.54) is 67.8 Å². The number of rotatable bonds is 9. The van der Waals surface area contributed by atoms with Crippen molar-refractivity contribution in [1.29, 1.82) is 0 Å². The van der Waals surface area contributed by atoms with Gasteiger partial charge in [0.1, 0.15) is 5.52 Å². The van der Waals surface area contributed by atoms with E-state index in [1.807, 2.05) is 12.1 Å². The van der Waals surface area contributed by atoms with E-state index >= 15 is 0 Å². The van der Waals surface area contributed by atoms with Gasteiger partial charge >= 0.3 is 0 Å². The number of unbranched alkanes of at least 4 members (excludes halogenated alkanes) is 7. The van der Waals surface area contributed by atoms with Crippen molar-refractivity contribution in [2.45, 2.75) is 71.8 Å². The highest BCUT2D eigenvalue weighted by Gasteiger charge is 2.15. The third-order valence-corrected chi connectivity index (χ3v) is 5.81. The number of nitrogens with zero attached hydrogens (tertiary/aromatic N) is 3. The molecular weight excluding hydrogens is 342 g/mol. The van der Waals surface area contributed by atoms with Gasteiger partial charge in [0.2, 0.25) is 0 Å². The molecule has 0 bridgehead atoms. The fourth-order valence-electron chi connectivity index (χ4n) is 4.30. The molecule has 28 heavy (non-hydrogen) atoms. The summed E-state index contributed by atoms with van der Waals surface area (Å²) in [7, 11) is 0. The first-order valence-electron chi connectivity index (χ1n) is 10.9. The van der Waals surface area contributed by atoms with Crippen molar-refractivity contribution in [3.63, 3.8) is 0 Å². The van der Waals surface area contributed by atoms with Gasteiger partial charge in [0.15, 0.2) is 5.65 Å². The van der Waals surface area contributed by atoms with Crippen LogP contribution in [0.1, 0.15) is 63.9 Å². The van der Waals surface area contributed by atoms with Crippen LogP contribution in [0.2, 0.25) is 0 Å². The molecule has 0 N–H and O–H groups in total. The summed E-state index contributed by atoms with van der Waals surface area (Å²) < 4.78 is 2.41. The van der Waals surface area contributed by atoms with Gasteiger partial charge in [-0.2, -0.15) is 0 Å². The number of aromatic nitrogens is 3. The minimum atomic E-state index is 0.975. The maximum Gasteiger partial charge on any atom is 0.160 e. The molecule has 0 unspecified atom stereocenters. The second-order valence-electron chi connectivity index (χ2n) is 7.98. The second-order valence-corrected chi connectivity index (χ2v) is 7.98. The highest BCUT2D eigenvalue weighted by molar-refractivity contribution is 6.07. The Morgan fingerprint density at radius 2 is 1.43 bits per heavy atom. The fraction of sp³-hybridized carbons (Fsp3) is 0.440. The molecule has 2 aromatic carbocycles. The van der Waals surface area contributed by atoms with Gasteiger partial charge in [-0.25, -0.2) is 9.97 Å². The fourth-order valence-corrected chi connectivity index (χ4v) is 4.30. The Balaban J connectivity index is 1.60. The highest BCUT2D eigenvalue weighted by Crippen LogP contribution is 2.30. The number of benzene rings is 2. The maximum absolute atomic E-state index is 5.01. The van der Waals surface area contributed by atoms with Gasteiger partial charge in [-0.1, -0.05) is 82.2 Å². The van der Waals surface area contributed by atoms with Crippen LogP contribution in [0.25, 0.3) is 33.1 Å². The minimum absolute atomic E-state index is 0.975. The second kappa shape index (κ2) is 8.72. The average Bonchev–Trinajstić information content (AvgIpc) is 3.02. The Morgan fingerprint density at radius 1 is 0.750 bits per heavy atom. The third-order valence-electron chi connectivity index (χ3n) is 5.81. The summed E-state index contributed by atoms with van der Waals surface area (Å²) in [5, 5.41) is 1.23. The molecule has 0 aliphatic heterocycles. The SMILES string of the molecule is CCCCCCCCCCn1c2nc3ccccc3nc2c2cccc(C)c21. The van der Waals surface area contributed by atoms with E-state index in [-0.39, 0.29) is 0 Å². The Kier molecular flexibility index (Phi) is 5.90. The van der Waals surface area contributed by atoms with Crippen LogP contribution in [0.4, 0.5) is 0 Å². The number of para-hydroxylation sites is 3. The van der Waals surface area contributed by atoms with E-state index in [1.54, 1.807) is 0 Å². The van der Waals surface area contributed by atoms with Crippen LogP contribution in [-0.4, -0.2) is 14.5 Å². The van der Waals surface area contributed by atoms with E-state index in [9.17, 15) is 0 Å². The van der Waals surface area contributed by atoms with E-state index in [0.717, 1.165) is 28.7 Å². The zero-order valence-electron chi connectivity index (χ0n) is 17.2.